The molecule has 7 heteroatoms. The third kappa shape index (κ3) is 2.82. The highest BCUT2D eigenvalue weighted by molar-refractivity contribution is 9.10. The molecule has 18 heavy (non-hydrogen) atoms. The maximum atomic E-state index is 13.0. The molecule has 1 aromatic carbocycles. The van der Waals surface area contributed by atoms with Crippen LogP contribution in [0.2, 0.25) is 0 Å². The molecule has 0 aliphatic rings. The van der Waals surface area contributed by atoms with E-state index in [9.17, 15) is 8.78 Å². The molecule has 0 unspecified atom stereocenters. The first-order chi connectivity index (χ1) is 8.53. The molecule has 88 valence electrons. The number of hydrogen-bond acceptors (Lipinski definition) is 4. The van der Waals surface area contributed by atoms with Gasteiger partial charge in [0.25, 0.3) is 0 Å². The molecule has 0 saturated carbocycles. The summed E-state index contributed by atoms with van der Waals surface area (Å²) in [7, 11) is 0. The molecule has 0 heterocycles. The molecule has 0 spiro atoms. The fourth-order valence-corrected chi connectivity index (χ4v) is 1.45. The minimum absolute atomic E-state index is 0.0356. The standard InChI is InChI=1S/C11H3BrF2N4/c12-7-1-8(13)9(14)2-10(7)18-11(5-17)6(3-15)4-16/h1-2,18H. The van der Waals surface area contributed by atoms with Crippen molar-refractivity contribution in [2.45, 2.75) is 0 Å². The van der Waals surface area contributed by atoms with Gasteiger partial charge < -0.3 is 5.32 Å². The lowest BCUT2D eigenvalue weighted by Crippen LogP contribution is -2.02. The van der Waals surface area contributed by atoms with Gasteiger partial charge in [-0.2, -0.15) is 15.8 Å². The Morgan fingerprint density at radius 2 is 1.61 bits per heavy atom. The van der Waals surface area contributed by atoms with Gasteiger partial charge >= 0.3 is 0 Å². The Kier molecular flexibility index (Phi) is 4.37. The number of nitriles is 3. The summed E-state index contributed by atoms with van der Waals surface area (Å²) in [5, 5.41) is 28.4. The topological polar surface area (TPSA) is 83.4 Å². The zero-order valence-electron chi connectivity index (χ0n) is 8.63. The van der Waals surface area contributed by atoms with Crippen molar-refractivity contribution in [2.75, 3.05) is 5.32 Å². The van der Waals surface area contributed by atoms with Crippen LogP contribution in [0.15, 0.2) is 27.9 Å². The molecule has 1 N–H and O–H groups in total. The van der Waals surface area contributed by atoms with Crippen molar-refractivity contribution in [2.24, 2.45) is 0 Å². The average molecular weight is 309 g/mol. The highest BCUT2D eigenvalue weighted by Crippen LogP contribution is 2.26. The van der Waals surface area contributed by atoms with E-state index in [1.165, 1.54) is 12.1 Å². The van der Waals surface area contributed by atoms with Gasteiger partial charge in [0, 0.05) is 10.5 Å². The first-order valence-electron chi connectivity index (χ1n) is 4.39. The first-order valence-corrected chi connectivity index (χ1v) is 5.19. The summed E-state index contributed by atoms with van der Waals surface area (Å²) in [6.45, 7) is 0. The van der Waals surface area contributed by atoms with E-state index in [0.29, 0.717) is 0 Å². The van der Waals surface area contributed by atoms with E-state index in [1.807, 2.05) is 0 Å². The predicted octanol–water partition coefficient (Wildman–Crippen LogP) is 2.96. The summed E-state index contributed by atoms with van der Waals surface area (Å²) in [4.78, 5) is 0. The Hall–Kier alpha value is -2.43. The van der Waals surface area contributed by atoms with Crippen LogP contribution >= 0.6 is 15.9 Å². The number of hydrogen-bond donors (Lipinski definition) is 1. The van der Waals surface area contributed by atoms with Crippen LogP contribution in [0, 0.1) is 45.6 Å². The summed E-state index contributed by atoms with van der Waals surface area (Å²) < 4.78 is 26.0. The van der Waals surface area contributed by atoms with Gasteiger partial charge in [-0.3, -0.25) is 0 Å². The predicted molar refractivity (Wildman–Crippen MR) is 61.5 cm³/mol. The largest absolute Gasteiger partial charge is 0.344 e. The smallest absolute Gasteiger partial charge is 0.163 e. The van der Waals surface area contributed by atoms with E-state index in [-0.39, 0.29) is 15.9 Å². The second-order valence-corrected chi connectivity index (χ2v) is 3.81. The molecule has 0 radical (unpaired) electrons. The van der Waals surface area contributed by atoms with E-state index < -0.39 is 17.2 Å². The van der Waals surface area contributed by atoms with Crippen molar-refractivity contribution in [3.05, 3.63) is 39.5 Å². The molecule has 0 aliphatic heterocycles. The lowest BCUT2D eigenvalue weighted by atomic mass is 10.2. The van der Waals surface area contributed by atoms with Gasteiger partial charge in [0.05, 0.1) is 5.69 Å². The van der Waals surface area contributed by atoms with Gasteiger partial charge in [0.15, 0.2) is 17.2 Å². The number of nitrogens with one attached hydrogen (secondary N) is 1. The third-order valence-electron chi connectivity index (χ3n) is 1.86. The molecule has 0 atom stereocenters. The van der Waals surface area contributed by atoms with Crippen LogP contribution < -0.4 is 5.32 Å². The molecule has 1 aromatic rings. The molecule has 1 rings (SSSR count). The maximum absolute atomic E-state index is 13.0. The molecular formula is C11H3BrF2N4. The normalized spacial score (nSPS) is 8.67. The lowest BCUT2D eigenvalue weighted by Gasteiger charge is -2.07. The quantitative estimate of drug-likeness (QED) is 0.672. The van der Waals surface area contributed by atoms with E-state index in [1.54, 1.807) is 6.07 Å². The molecule has 0 saturated heterocycles. The van der Waals surface area contributed by atoms with Crippen LogP contribution in [0.5, 0.6) is 0 Å². The van der Waals surface area contributed by atoms with Gasteiger partial charge in [-0.15, -0.1) is 0 Å². The molecule has 0 amide bonds. The Labute approximate surface area is 109 Å². The van der Waals surface area contributed by atoms with E-state index in [4.69, 9.17) is 15.8 Å². The molecular weight excluding hydrogens is 306 g/mol. The summed E-state index contributed by atoms with van der Waals surface area (Å²) in [6, 6.07) is 6.31. The maximum Gasteiger partial charge on any atom is 0.163 e. The number of benzene rings is 1. The van der Waals surface area contributed by atoms with Crippen molar-refractivity contribution >= 4 is 21.6 Å². The molecule has 0 aromatic heterocycles. The molecule has 0 fully saturated rings. The number of halogens is 3. The monoisotopic (exact) mass is 308 g/mol. The van der Waals surface area contributed by atoms with Crippen LogP contribution in [0.3, 0.4) is 0 Å². The summed E-state index contributed by atoms with van der Waals surface area (Å²) in [6.07, 6.45) is 0. The van der Waals surface area contributed by atoms with Gasteiger partial charge in [0.2, 0.25) is 0 Å². The highest BCUT2D eigenvalue weighted by atomic mass is 79.9. The number of anilines is 1. The van der Waals surface area contributed by atoms with Crippen LogP contribution in [-0.4, -0.2) is 0 Å². The second kappa shape index (κ2) is 5.77. The molecule has 0 bridgehead atoms. The zero-order chi connectivity index (χ0) is 13.7. The Bertz CT molecular complexity index is 631. The van der Waals surface area contributed by atoms with Crippen molar-refractivity contribution < 1.29 is 8.78 Å². The molecule has 4 nitrogen and oxygen atoms in total. The van der Waals surface area contributed by atoms with E-state index >= 15 is 0 Å². The van der Waals surface area contributed by atoms with Crippen LogP contribution in [0.25, 0.3) is 0 Å². The highest BCUT2D eigenvalue weighted by Gasteiger charge is 2.11. The zero-order valence-corrected chi connectivity index (χ0v) is 10.2. The fourth-order valence-electron chi connectivity index (χ4n) is 1.04. The third-order valence-corrected chi connectivity index (χ3v) is 2.51. The summed E-state index contributed by atoms with van der Waals surface area (Å²) >= 11 is 2.96. The average Bonchev–Trinajstić information content (AvgIpc) is 2.35. The van der Waals surface area contributed by atoms with Gasteiger partial charge in [-0.25, -0.2) is 8.78 Å². The van der Waals surface area contributed by atoms with Crippen LogP contribution in [-0.2, 0) is 0 Å². The Morgan fingerprint density at radius 1 is 1.06 bits per heavy atom. The van der Waals surface area contributed by atoms with Crippen LogP contribution in [0.4, 0.5) is 14.5 Å². The SMILES string of the molecule is N#CC(C#N)=C(C#N)Nc1cc(F)c(F)cc1Br. The van der Waals surface area contributed by atoms with Crippen molar-refractivity contribution in [1.29, 1.82) is 15.8 Å². The number of allylic oxidation sites excluding steroid dienone is 2. The van der Waals surface area contributed by atoms with Gasteiger partial charge in [-0.05, 0) is 22.0 Å². The van der Waals surface area contributed by atoms with E-state index in [2.05, 4.69) is 21.2 Å². The fraction of sp³-hybridized carbons (Fsp3) is 0. The van der Waals surface area contributed by atoms with Gasteiger partial charge in [0.1, 0.15) is 23.9 Å². The first kappa shape index (κ1) is 13.6. The Morgan fingerprint density at radius 3 is 2.11 bits per heavy atom. The van der Waals surface area contributed by atoms with Crippen molar-refractivity contribution in [1.82, 2.24) is 0 Å². The lowest BCUT2D eigenvalue weighted by molar-refractivity contribution is 0.508. The Balaban J connectivity index is 3.26. The minimum atomic E-state index is -1.12. The van der Waals surface area contributed by atoms with Crippen LogP contribution in [0.1, 0.15) is 0 Å². The van der Waals surface area contributed by atoms with Crippen molar-refractivity contribution in [3.8, 4) is 18.2 Å². The van der Waals surface area contributed by atoms with E-state index in [0.717, 1.165) is 12.1 Å². The van der Waals surface area contributed by atoms with Crippen molar-refractivity contribution in [3.63, 3.8) is 0 Å². The molecule has 0 aliphatic carbocycles. The number of nitrogens with zero attached hydrogens (tertiary/aromatic N) is 3. The summed E-state index contributed by atoms with van der Waals surface area (Å²) in [5.41, 5.74) is -0.755. The second-order valence-electron chi connectivity index (χ2n) is 2.96. The summed E-state index contributed by atoms with van der Waals surface area (Å²) in [5.74, 6) is -2.18. The number of rotatable bonds is 2. The van der Waals surface area contributed by atoms with Gasteiger partial charge in [-0.1, -0.05) is 0 Å². The minimum Gasteiger partial charge on any atom is -0.344 e.